The van der Waals surface area contributed by atoms with Crippen LogP contribution in [0.1, 0.15) is 0 Å². The van der Waals surface area contributed by atoms with Crippen molar-refractivity contribution in [3.63, 3.8) is 0 Å². The standard InChI is InChI=1S/C21H18ClN7O/c1-27(2)21-15-12-25-29(18-9-13(22)5-6-19(18)30-3)17(15)10-16(26-21)14-11-24-28-8-4-7-23-20(14)28/h4-12H,1-3H3. The summed E-state index contributed by atoms with van der Waals surface area (Å²) in [6, 6.07) is 9.28. The van der Waals surface area contributed by atoms with Gasteiger partial charge in [-0.15, -0.1) is 0 Å². The molecule has 0 saturated heterocycles. The number of rotatable bonds is 4. The Balaban J connectivity index is 1.81. The first-order chi connectivity index (χ1) is 14.6. The van der Waals surface area contributed by atoms with E-state index in [-0.39, 0.29) is 0 Å². The molecule has 4 heterocycles. The van der Waals surface area contributed by atoms with E-state index in [2.05, 4.69) is 15.2 Å². The third-order valence-corrected chi connectivity index (χ3v) is 5.13. The van der Waals surface area contributed by atoms with Gasteiger partial charge in [-0.1, -0.05) is 11.6 Å². The van der Waals surface area contributed by atoms with Gasteiger partial charge >= 0.3 is 0 Å². The molecule has 9 heteroatoms. The summed E-state index contributed by atoms with van der Waals surface area (Å²) in [6.45, 7) is 0. The largest absolute Gasteiger partial charge is 0.494 e. The highest BCUT2D eigenvalue weighted by molar-refractivity contribution is 6.30. The lowest BCUT2D eigenvalue weighted by Gasteiger charge is -2.15. The van der Waals surface area contributed by atoms with Crippen molar-refractivity contribution in [2.75, 3.05) is 26.1 Å². The van der Waals surface area contributed by atoms with E-state index in [1.165, 1.54) is 0 Å². The van der Waals surface area contributed by atoms with Crippen LogP contribution in [-0.2, 0) is 0 Å². The number of aromatic nitrogens is 6. The molecule has 0 atom stereocenters. The summed E-state index contributed by atoms with van der Waals surface area (Å²) in [7, 11) is 5.54. The van der Waals surface area contributed by atoms with Gasteiger partial charge in [-0.3, -0.25) is 0 Å². The van der Waals surface area contributed by atoms with Gasteiger partial charge in [-0.2, -0.15) is 10.2 Å². The highest BCUT2D eigenvalue weighted by Crippen LogP contribution is 2.34. The van der Waals surface area contributed by atoms with Crippen molar-refractivity contribution in [2.24, 2.45) is 0 Å². The van der Waals surface area contributed by atoms with Crippen LogP contribution in [0.25, 0.3) is 33.5 Å². The van der Waals surface area contributed by atoms with E-state index >= 15 is 0 Å². The summed E-state index contributed by atoms with van der Waals surface area (Å²) in [5, 5.41) is 10.5. The number of methoxy groups -OCH3 is 1. The van der Waals surface area contributed by atoms with Gasteiger partial charge in [0.05, 0.1) is 41.7 Å². The molecular formula is C21H18ClN7O. The van der Waals surface area contributed by atoms with Gasteiger partial charge in [-0.25, -0.2) is 19.2 Å². The summed E-state index contributed by atoms with van der Waals surface area (Å²) < 4.78 is 9.09. The third-order valence-electron chi connectivity index (χ3n) is 4.90. The average Bonchev–Trinajstić information content (AvgIpc) is 3.37. The summed E-state index contributed by atoms with van der Waals surface area (Å²) in [4.78, 5) is 11.3. The van der Waals surface area contributed by atoms with E-state index in [1.807, 2.05) is 54.1 Å². The van der Waals surface area contributed by atoms with Gasteiger partial charge in [0.25, 0.3) is 0 Å². The van der Waals surface area contributed by atoms with E-state index in [4.69, 9.17) is 21.3 Å². The van der Waals surface area contributed by atoms with Gasteiger partial charge < -0.3 is 9.64 Å². The van der Waals surface area contributed by atoms with Crippen LogP contribution in [0.15, 0.2) is 55.1 Å². The second kappa shape index (κ2) is 7.00. The van der Waals surface area contributed by atoms with Crippen LogP contribution in [0, 0.1) is 0 Å². The minimum atomic E-state index is 0.600. The molecular weight excluding hydrogens is 402 g/mol. The minimum absolute atomic E-state index is 0.600. The first kappa shape index (κ1) is 18.4. The van der Waals surface area contributed by atoms with Crippen LogP contribution in [0.2, 0.25) is 5.02 Å². The maximum Gasteiger partial charge on any atom is 0.164 e. The number of ether oxygens (including phenoxy) is 1. The first-order valence-corrected chi connectivity index (χ1v) is 9.63. The second-order valence-corrected chi connectivity index (χ2v) is 7.41. The number of fused-ring (bicyclic) bond motifs is 2. The number of hydrogen-bond donors (Lipinski definition) is 0. The molecule has 0 radical (unpaired) electrons. The topological polar surface area (TPSA) is 73.4 Å². The molecule has 5 rings (SSSR count). The molecule has 1 aromatic carbocycles. The first-order valence-electron chi connectivity index (χ1n) is 9.25. The van der Waals surface area contributed by atoms with Crippen molar-refractivity contribution < 1.29 is 4.74 Å². The molecule has 8 nitrogen and oxygen atoms in total. The zero-order chi connectivity index (χ0) is 20.8. The molecule has 0 saturated carbocycles. The van der Waals surface area contributed by atoms with E-state index in [1.54, 1.807) is 36.3 Å². The number of hydrogen-bond acceptors (Lipinski definition) is 6. The number of anilines is 1. The van der Waals surface area contributed by atoms with Gasteiger partial charge in [-0.05, 0) is 30.3 Å². The normalized spacial score (nSPS) is 11.3. The maximum atomic E-state index is 6.26. The SMILES string of the molecule is COc1ccc(Cl)cc1-n1ncc2c(N(C)C)nc(-c3cnn4cccnc34)cc21. The molecule has 0 aliphatic carbocycles. The smallest absolute Gasteiger partial charge is 0.164 e. The molecule has 150 valence electrons. The van der Waals surface area contributed by atoms with Crippen molar-refractivity contribution in [3.8, 4) is 22.7 Å². The lowest BCUT2D eigenvalue weighted by molar-refractivity contribution is 0.412. The lowest BCUT2D eigenvalue weighted by atomic mass is 10.1. The Morgan fingerprint density at radius 3 is 2.77 bits per heavy atom. The van der Waals surface area contributed by atoms with Gasteiger partial charge in [0, 0.05) is 31.5 Å². The monoisotopic (exact) mass is 419 g/mol. The minimum Gasteiger partial charge on any atom is -0.494 e. The predicted molar refractivity (Wildman–Crippen MR) is 117 cm³/mol. The molecule has 0 aliphatic rings. The Morgan fingerprint density at radius 2 is 1.97 bits per heavy atom. The summed E-state index contributed by atoms with van der Waals surface area (Å²) >= 11 is 6.26. The number of nitrogens with zero attached hydrogens (tertiary/aromatic N) is 7. The van der Waals surface area contributed by atoms with Crippen molar-refractivity contribution in [1.29, 1.82) is 0 Å². The fourth-order valence-electron chi connectivity index (χ4n) is 3.51. The van der Waals surface area contributed by atoms with E-state index in [0.717, 1.165) is 39.3 Å². The molecule has 0 fully saturated rings. The zero-order valence-corrected chi connectivity index (χ0v) is 17.4. The van der Waals surface area contributed by atoms with E-state index in [9.17, 15) is 0 Å². The van der Waals surface area contributed by atoms with Crippen molar-refractivity contribution >= 4 is 34.0 Å². The van der Waals surface area contributed by atoms with Crippen LogP contribution >= 0.6 is 11.6 Å². The third kappa shape index (κ3) is 2.84. The Hall–Kier alpha value is -3.65. The van der Waals surface area contributed by atoms with Crippen LogP contribution in [-0.4, -0.2) is 50.6 Å². The second-order valence-electron chi connectivity index (χ2n) is 6.98. The fourth-order valence-corrected chi connectivity index (χ4v) is 3.68. The zero-order valence-electron chi connectivity index (χ0n) is 16.6. The summed E-state index contributed by atoms with van der Waals surface area (Å²) in [6.07, 6.45) is 7.18. The molecule has 0 unspecified atom stereocenters. The van der Waals surface area contributed by atoms with Crippen molar-refractivity contribution in [2.45, 2.75) is 0 Å². The van der Waals surface area contributed by atoms with E-state index < -0.39 is 0 Å². The Bertz CT molecular complexity index is 1390. The number of halogens is 1. The molecule has 5 aromatic rings. The van der Waals surface area contributed by atoms with Gasteiger partial charge in [0.2, 0.25) is 0 Å². The molecule has 0 N–H and O–H groups in total. The van der Waals surface area contributed by atoms with Crippen LogP contribution < -0.4 is 9.64 Å². The molecule has 0 amide bonds. The molecule has 0 spiro atoms. The van der Waals surface area contributed by atoms with Gasteiger partial charge in [0.15, 0.2) is 5.65 Å². The van der Waals surface area contributed by atoms with Crippen molar-refractivity contribution in [3.05, 3.63) is 60.1 Å². The molecule has 0 bridgehead atoms. The van der Waals surface area contributed by atoms with Crippen LogP contribution in [0.5, 0.6) is 5.75 Å². The Morgan fingerprint density at radius 1 is 1.10 bits per heavy atom. The number of pyridine rings is 1. The number of benzene rings is 1. The van der Waals surface area contributed by atoms with Crippen molar-refractivity contribution in [1.82, 2.24) is 29.4 Å². The highest BCUT2D eigenvalue weighted by Gasteiger charge is 2.19. The molecule has 0 aliphatic heterocycles. The Kier molecular flexibility index (Phi) is 4.29. The summed E-state index contributed by atoms with van der Waals surface area (Å²) in [5.41, 5.74) is 3.95. The van der Waals surface area contributed by atoms with E-state index in [0.29, 0.717) is 10.8 Å². The predicted octanol–water partition coefficient (Wildman–Crippen LogP) is 3.86. The lowest BCUT2D eigenvalue weighted by Crippen LogP contribution is -2.11. The quantitative estimate of drug-likeness (QED) is 0.440. The highest BCUT2D eigenvalue weighted by atomic mass is 35.5. The Labute approximate surface area is 177 Å². The molecule has 4 aromatic heterocycles. The van der Waals surface area contributed by atoms with Crippen LogP contribution in [0.3, 0.4) is 0 Å². The van der Waals surface area contributed by atoms with Gasteiger partial charge in [0.1, 0.15) is 17.3 Å². The molecule has 30 heavy (non-hydrogen) atoms. The summed E-state index contributed by atoms with van der Waals surface area (Å²) in [5.74, 6) is 1.47. The average molecular weight is 420 g/mol. The fraction of sp³-hybridized carbons (Fsp3) is 0.143. The maximum absolute atomic E-state index is 6.26. The van der Waals surface area contributed by atoms with Crippen LogP contribution in [0.4, 0.5) is 5.82 Å².